The molecule has 66 heteroatoms. The van der Waals surface area contributed by atoms with Crippen LogP contribution < -0.4 is 0 Å². The van der Waals surface area contributed by atoms with Gasteiger partial charge < -0.3 is 141 Å². The first kappa shape index (κ1) is 137. The molecule has 0 aliphatic carbocycles. The summed E-state index contributed by atoms with van der Waals surface area (Å²) in [5.74, 6) is 0. The summed E-state index contributed by atoms with van der Waals surface area (Å²) in [5.41, 5.74) is 0.647. The number of hydrogen-bond acceptors (Lipinski definition) is 34. The normalized spacial score (nSPS) is 16.1. The van der Waals surface area contributed by atoms with Crippen LogP contribution in [0.25, 0.3) is 0 Å². The Labute approximate surface area is 840 Å². The van der Waals surface area contributed by atoms with E-state index >= 15 is 0 Å². The minimum absolute atomic E-state index is 0.647. The molecule has 792 valence electrons. The largest absolute Gasteiger partial charge is 0.669 e. The summed E-state index contributed by atoms with van der Waals surface area (Å²) in [6, 6.07) is 0.685. The Morgan fingerprint density at radius 1 is 0.136 bits per heavy atom. The van der Waals surface area contributed by atoms with E-state index in [2.05, 4.69) is 26.2 Å². The van der Waals surface area contributed by atoms with Crippen LogP contribution in [0.1, 0.15) is 6.92 Å². The molecule has 0 atom stereocenters. The summed E-state index contributed by atoms with van der Waals surface area (Å²) in [7, 11) is -86.9. The lowest BCUT2D eigenvalue weighted by Crippen LogP contribution is -2.63. The first-order valence-corrected chi connectivity index (χ1v) is 134. The summed E-state index contributed by atoms with van der Waals surface area (Å²) in [6.07, 6.45) is 0. The van der Waals surface area contributed by atoms with Crippen molar-refractivity contribution in [3.63, 3.8) is 0 Å². The van der Waals surface area contributed by atoms with Gasteiger partial charge in [0.1, 0.15) is 0 Å². The predicted octanol–water partition coefficient (Wildman–Crippen LogP) is 22.4. The quantitative estimate of drug-likeness (QED) is 0.0511. The third kappa shape index (κ3) is 60.3. The van der Waals surface area contributed by atoms with Crippen molar-refractivity contribution in [2.45, 2.75) is 411 Å². The van der Waals surface area contributed by atoms with Crippen molar-refractivity contribution in [1.82, 2.24) is 0 Å². The molecule has 0 rings (SSSR count). The SMILES string of the molecule is CC[Si](=O)C[Si](C)(C)O[Si](C)(C)O[Si](C)(C)O[Si](C)(C)O[Si](C)(C)O[Si](C)(C)O[Si](C)(C)O[Si](C)(C)O[Si](C)(C)O[Si](C)(C)O[Si](C)(C)O[Si](C)(C)O[Si](C)(C)O[Si](C)(C)O[Si](C)(C)O[Si](C)(C)O[Si](C)(C)O[Si](C)(C)O[Si](C)(C)O[Si](C)(C)O[Si](C)(C)O[Si](C)(C)O[Si](C)(C)O[Si](C)(C)O[Si](C)(C)O[Si](C)(C)O[Si](C)(C)O[Si](C)(C)O[Si](C)(C)O[Si](C)(C)O[Si](OC)(OC)OC. The molecule has 0 radical (unpaired) electrons. The van der Waals surface area contributed by atoms with Crippen LogP contribution >= 0.6 is 0 Å². The monoisotopic (exact) mass is 2430 g/mol. The van der Waals surface area contributed by atoms with Crippen LogP contribution in [-0.2, 0) is 141 Å². The molecular weight excluding hydrogens is 2240 g/mol. The second-order valence-corrected chi connectivity index (χ2v) is 162. The summed E-state index contributed by atoms with van der Waals surface area (Å²) in [5, 5.41) is 0. The topological polar surface area (TPSA) is 322 Å². The molecule has 0 saturated heterocycles. The highest BCUT2D eigenvalue weighted by Crippen LogP contribution is 2.39. The van der Waals surface area contributed by atoms with E-state index in [0.29, 0.717) is 11.7 Å². The van der Waals surface area contributed by atoms with E-state index in [4.69, 9.17) is 137 Å². The van der Waals surface area contributed by atoms with Crippen LogP contribution in [0.2, 0.25) is 405 Å². The van der Waals surface area contributed by atoms with Gasteiger partial charge in [-0.15, -0.1) is 0 Å². The van der Waals surface area contributed by atoms with Crippen LogP contribution in [0.4, 0.5) is 0 Å². The van der Waals surface area contributed by atoms with E-state index in [9.17, 15) is 4.46 Å². The molecule has 0 spiro atoms. The average Bonchev–Trinajstić information content (AvgIpc) is 0.788. The van der Waals surface area contributed by atoms with E-state index in [0.717, 1.165) is 0 Å². The number of hydrogen-bond donors (Lipinski definition) is 0. The maximum atomic E-state index is 12.6. The highest BCUT2D eigenvalue weighted by molar-refractivity contribution is 6.99. The van der Waals surface area contributed by atoms with Crippen LogP contribution in [0.5, 0.6) is 0 Å². The van der Waals surface area contributed by atoms with Gasteiger partial charge in [0.2, 0.25) is 0 Å². The van der Waals surface area contributed by atoms with Crippen molar-refractivity contribution < 1.29 is 141 Å². The molecule has 0 aromatic heterocycles. The van der Waals surface area contributed by atoms with Gasteiger partial charge in [-0.05, 0) is 399 Å². The molecule has 0 saturated carbocycles. The summed E-state index contributed by atoms with van der Waals surface area (Å²) in [4.78, 5) is 0. The minimum Gasteiger partial charge on any atom is -0.436 e. The number of rotatable bonds is 66. The van der Waals surface area contributed by atoms with Crippen LogP contribution in [0.15, 0.2) is 0 Å². The fourth-order valence-corrected chi connectivity index (χ4v) is 182. The van der Waals surface area contributed by atoms with Crippen LogP contribution in [0.3, 0.4) is 0 Å². The molecule has 0 bridgehead atoms. The van der Waals surface area contributed by atoms with E-state index in [1.54, 1.807) is 0 Å². The highest BCUT2D eigenvalue weighted by Gasteiger charge is 2.60. The van der Waals surface area contributed by atoms with Crippen molar-refractivity contribution in [1.29, 1.82) is 0 Å². The second-order valence-electron chi connectivity index (χ2n) is 47.6. The van der Waals surface area contributed by atoms with E-state index in [1.165, 1.54) is 21.3 Å². The van der Waals surface area contributed by atoms with Gasteiger partial charge >= 0.3 is 257 Å². The molecule has 0 N–H and O–H groups in total. The summed E-state index contributed by atoms with van der Waals surface area (Å²) < 4.78 is 237. The van der Waals surface area contributed by atoms with E-state index in [1.807, 2.05) is 374 Å². The van der Waals surface area contributed by atoms with Gasteiger partial charge in [-0.1, -0.05) is 6.92 Å². The van der Waals surface area contributed by atoms with Gasteiger partial charge in [-0.2, -0.15) is 0 Å². The van der Waals surface area contributed by atoms with Gasteiger partial charge in [0.25, 0.3) is 8.68 Å². The van der Waals surface area contributed by atoms with Crippen molar-refractivity contribution in [2.75, 3.05) is 21.3 Å². The van der Waals surface area contributed by atoms with Gasteiger partial charge in [-0.25, -0.2) is 0 Å². The smallest absolute Gasteiger partial charge is 0.436 e. The van der Waals surface area contributed by atoms with E-state index < -0.39 is 274 Å². The van der Waals surface area contributed by atoms with Gasteiger partial charge in [0.15, 0.2) is 8.32 Å². The first-order valence-electron chi connectivity index (χ1n) is 46.1. The van der Waals surface area contributed by atoms with E-state index in [-0.39, 0.29) is 0 Å². The molecular formula is C66H196O34Si32. The molecule has 0 amide bonds. The zero-order valence-corrected chi connectivity index (χ0v) is 127. The minimum atomic E-state index is -3.38. The van der Waals surface area contributed by atoms with Gasteiger partial charge in [-0.3, -0.25) is 0 Å². The van der Waals surface area contributed by atoms with Crippen LogP contribution in [0, 0.1) is 0 Å². The fraction of sp³-hybridized carbons (Fsp3) is 1.00. The second kappa shape index (κ2) is 47.5. The molecule has 0 aliphatic heterocycles. The standard InChI is InChI=1S/C66H196O34Si32/c1-65-101(67)66-102(5,6)71-103(7,8)72-104(9,10)73-105(11,12)74-106(13,14)75-107(15,16)76-108(17,18)77-109(19,20)78-110(21,22)79-111(23,24)80-112(25,26)81-113(27,28)82-114(29,30)83-115(31,32)84-116(33,34)85-117(35,36)86-118(37,38)87-119(39,40)88-120(41,42)89-121(43,44)90-122(45,46)91-123(47,48)92-124(49,50)93-125(51,52)94-126(53,54)95-127(55,56)96-128(57,58)97-129(59,60)98-130(61,62)99-131(63,64)100-132(68-2,69-3)70-4/h65-66H2,1-64H3. The maximum Gasteiger partial charge on any atom is 0.669 e. The zero-order chi connectivity index (χ0) is 106. The van der Waals surface area contributed by atoms with Crippen molar-refractivity contribution >= 4 is 274 Å². The highest BCUT2D eigenvalue weighted by atomic mass is 28.6. The van der Waals surface area contributed by atoms with Crippen LogP contribution in [-0.4, -0.2) is 296 Å². The zero-order valence-electron chi connectivity index (χ0n) is 95.3. The Bertz CT molecular complexity index is 3480. The Hall–Kier alpha value is 5.42. The third-order valence-electron chi connectivity index (χ3n) is 16.4. The van der Waals surface area contributed by atoms with Gasteiger partial charge in [0.05, 0.1) is 0 Å². The van der Waals surface area contributed by atoms with Crippen molar-refractivity contribution in [2.24, 2.45) is 0 Å². The lowest BCUT2D eigenvalue weighted by atomic mass is 11.0. The Morgan fingerprint density at radius 3 is 0.288 bits per heavy atom. The molecule has 0 aromatic rings. The molecule has 0 unspecified atom stereocenters. The fourth-order valence-electron chi connectivity index (χ4n) is 19.2. The Morgan fingerprint density at radius 2 is 0.212 bits per heavy atom. The average molecular weight is 2430 g/mol. The molecule has 0 heterocycles. The third-order valence-corrected chi connectivity index (χ3v) is 141. The molecule has 132 heavy (non-hydrogen) atoms. The molecule has 0 aliphatic rings. The summed E-state index contributed by atoms with van der Waals surface area (Å²) >= 11 is 0. The Kier molecular flexibility index (Phi) is 49.5. The van der Waals surface area contributed by atoms with Gasteiger partial charge in [0, 0.05) is 27.0 Å². The lowest BCUT2D eigenvalue weighted by molar-refractivity contribution is 0.0403. The first-order chi connectivity index (χ1) is 56.8. The maximum absolute atomic E-state index is 12.6. The molecule has 0 aromatic carbocycles. The van der Waals surface area contributed by atoms with Crippen molar-refractivity contribution in [3.05, 3.63) is 0 Å². The molecule has 34 nitrogen and oxygen atoms in total. The summed E-state index contributed by atoms with van der Waals surface area (Å²) in [6.45, 7) is 124. The predicted molar refractivity (Wildman–Crippen MR) is 606 cm³/mol. The lowest BCUT2D eigenvalue weighted by Gasteiger charge is -2.45. The van der Waals surface area contributed by atoms with Crippen molar-refractivity contribution in [3.8, 4) is 0 Å². The molecule has 0 fully saturated rings. The Balaban J connectivity index is 5.99.